The molecule has 0 heterocycles. The highest BCUT2D eigenvalue weighted by molar-refractivity contribution is 7.47. The van der Waals surface area contributed by atoms with Gasteiger partial charge in [0.2, 0.25) is 0 Å². The van der Waals surface area contributed by atoms with Crippen LogP contribution in [0, 0.1) is 0 Å². The van der Waals surface area contributed by atoms with E-state index < -0.39 is 57.8 Å². The number of hydrogen-bond donors (Lipinski definition) is 2. The van der Waals surface area contributed by atoms with Crippen LogP contribution < -0.4 is 0 Å². The van der Waals surface area contributed by atoms with Gasteiger partial charge in [0, 0.05) is 19.3 Å². The van der Waals surface area contributed by atoms with Gasteiger partial charge < -0.3 is 24.2 Å². The minimum Gasteiger partial charge on any atom is -0.462 e. The van der Waals surface area contributed by atoms with E-state index in [-0.39, 0.29) is 25.9 Å². The van der Waals surface area contributed by atoms with Crippen molar-refractivity contribution in [2.75, 3.05) is 26.4 Å². The summed E-state index contributed by atoms with van der Waals surface area (Å²) in [5.74, 6) is -1.51. The Morgan fingerprint density at radius 1 is 0.362 bits per heavy atom. The molecule has 0 bridgehead atoms. The molecule has 0 fully saturated rings. The van der Waals surface area contributed by atoms with Gasteiger partial charge in [0.05, 0.1) is 19.8 Å². The van der Waals surface area contributed by atoms with E-state index in [1.54, 1.807) is 0 Å². The van der Waals surface area contributed by atoms with Gasteiger partial charge in [-0.25, -0.2) is 4.57 Å². The fourth-order valence-electron chi connectivity index (χ4n) is 8.33. The number of rotatable bonds is 58. The molecule has 0 amide bonds. The molecule has 0 aromatic rings. The fraction of sp³-hybridized carbons (Fsp3) is 0.691. The molecule has 0 aliphatic rings. The molecule has 2 N–H and O–H groups in total. The van der Waals surface area contributed by atoms with Crippen LogP contribution in [-0.2, 0) is 42.2 Å². The van der Waals surface area contributed by atoms with E-state index in [0.29, 0.717) is 19.3 Å². The standard InChI is InChI=1S/C68H115O11P/c1-4-7-10-13-16-19-22-25-28-30-32-34-37-39-42-45-48-51-54-57-66(70)75-61-65(79-68(72)59-56-53-50-47-44-41-38-35-33-31-29-26-23-20-17-14-11-8-5-2)63-77-80(73,74)76-62-64(60-69)78-67(71)58-55-52-49-46-43-40-36-27-24-21-18-15-12-9-6-3/h8,11,16-21,25-29,32-36,64-65,69H,4-7,9-10,12-15,22-24,30-31,37-63H2,1-3H3,(H,73,74)/b11-8-,19-16-,20-17-,21-18-,28-25-,29-26-,34-32-,35-33-,36-27-. The number of carbonyl (C=O) groups excluding carboxylic acids is 3. The molecule has 458 valence electrons. The number of esters is 3. The van der Waals surface area contributed by atoms with Crippen LogP contribution in [0.25, 0.3) is 0 Å². The molecular formula is C68H115O11P. The van der Waals surface area contributed by atoms with Gasteiger partial charge in [0.25, 0.3) is 0 Å². The molecule has 3 atom stereocenters. The Balaban J connectivity index is 4.79. The third-order valence-corrected chi connectivity index (χ3v) is 14.1. The van der Waals surface area contributed by atoms with Crippen molar-refractivity contribution in [3.63, 3.8) is 0 Å². The highest BCUT2D eigenvalue weighted by atomic mass is 31.2. The van der Waals surface area contributed by atoms with Crippen molar-refractivity contribution in [2.24, 2.45) is 0 Å². The molecule has 0 aromatic carbocycles. The maximum atomic E-state index is 13.0. The number of unbranched alkanes of at least 4 members (excludes halogenated alkanes) is 23. The molecule has 0 aliphatic heterocycles. The van der Waals surface area contributed by atoms with E-state index in [1.165, 1.54) is 44.9 Å². The number of phosphoric acid groups is 1. The molecule has 3 unspecified atom stereocenters. The summed E-state index contributed by atoms with van der Waals surface area (Å²) in [4.78, 5) is 48.7. The predicted octanol–water partition coefficient (Wildman–Crippen LogP) is 19.4. The first kappa shape index (κ1) is 76.1. The Hall–Kier alpha value is -3.86. The van der Waals surface area contributed by atoms with Crippen LogP contribution in [0.1, 0.15) is 265 Å². The average Bonchev–Trinajstić information content (AvgIpc) is 3.45. The van der Waals surface area contributed by atoms with Gasteiger partial charge in [-0.05, 0) is 128 Å². The molecule has 12 heteroatoms. The van der Waals surface area contributed by atoms with Crippen molar-refractivity contribution in [3.8, 4) is 0 Å². The monoisotopic (exact) mass is 1140 g/mol. The van der Waals surface area contributed by atoms with Crippen LogP contribution in [0.3, 0.4) is 0 Å². The number of aliphatic hydroxyl groups is 1. The zero-order valence-electron chi connectivity index (χ0n) is 50.8. The molecule has 0 radical (unpaired) electrons. The zero-order chi connectivity index (χ0) is 58.3. The average molecular weight is 1140 g/mol. The summed E-state index contributed by atoms with van der Waals surface area (Å²) < 4.78 is 39.6. The normalized spacial score (nSPS) is 14.0. The molecule has 0 saturated carbocycles. The highest BCUT2D eigenvalue weighted by Gasteiger charge is 2.28. The van der Waals surface area contributed by atoms with Crippen LogP contribution in [0.5, 0.6) is 0 Å². The largest absolute Gasteiger partial charge is 0.472 e. The van der Waals surface area contributed by atoms with Gasteiger partial charge in [-0.1, -0.05) is 226 Å². The number of phosphoric ester groups is 1. The lowest BCUT2D eigenvalue weighted by atomic mass is 10.1. The van der Waals surface area contributed by atoms with Gasteiger partial charge in [-0.2, -0.15) is 0 Å². The second kappa shape index (κ2) is 61.2. The summed E-state index contributed by atoms with van der Waals surface area (Å²) in [6.45, 7) is 4.45. The van der Waals surface area contributed by atoms with E-state index in [4.69, 9.17) is 23.3 Å². The summed E-state index contributed by atoms with van der Waals surface area (Å²) in [5, 5.41) is 9.84. The van der Waals surface area contributed by atoms with Crippen LogP contribution in [-0.4, -0.2) is 66.5 Å². The quantitative estimate of drug-likeness (QED) is 0.0197. The number of hydrogen-bond acceptors (Lipinski definition) is 10. The van der Waals surface area contributed by atoms with E-state index in [1.807, 2.05) is 0 Å². The molecule has 80 heavy (non-hydrogen) atoms. The van der Waals surface area contributed by atoms with E-state index >= 15 is 0 Å². The minimum atomic E-state index is -4.77. The van der Waals surface area contributed by atoms with E-state index in [9.17, 15) is 28.9 Å². The summed E-state index contributed by atoms with van der Waals surface area (Å²) in [6, 6.07) is 0. The Bertz CT molecular complexity index is 1760. The van der Waals surface area contributed by atoms with Crippen molar-refractivity contribution < 1.29 is 52.2 Å². The molecule has 11 nitrogen and oxygen atoms in total. The maximum Gasteiger partial charge on any atom is 0.472 e. The lowest BCUT2D eigenvalue weighted by Gasteiger charge is -2.21. The van der Waals surface area contributed by atoms with Crippen molar-refractivity contribution in [3.05, 3.63) is 109 Å². The lowest BCUT2D eigenvalue weighted by Crippen LogP contribution is -2.30. The maximum absolute atomic E-state index is 13.0. The Morgan fingerprint density at radius 3 is 1.00 bits per heavy atom. The fourth-order valence-corrected chi connectivity index (χ4v) is 9.11. The Labute approximate surface area is 488 Å². The summed E-state index contributed by atoms with van der Waals surface area (Å²) >= 11 is 0. The van der Waals surface area contributed by atoms with E-state index in [2.05, 4.69) is 130 Å². The van der Waals surface area contributed by atoms with Crippen molar-refractivity contribution in [1.29, 1.82) is 0 Å². The first-order valence-electron chi connectivity index (χ1n) is 31.8. The second-order valence-corrected chi connectivity index (χ2v) is 22.3. The SMILES string of the molecule is CC/C=C\C/C=C\C/C=C\C/C=C\CCCCCCCCC(=O)OC(COC(=O)CCCCCCCC/C=C\C/C=C\C/C=C\CCCCC)COP(=O)(O)OCC(CO)OC(=O)CCCCCCC/C=C\C/C=C\CCCCC. The Morgan fingerprint density at radius 2 is 0.650 bits per heavy atom. The molecule has 0 rings (SSSR count). The smallest absolute Gasteiger partial charge is 0.462 e. The summed E-state index contributed by atoms with van der Waals surface area (Å²) in [5.41, 5.74) is 0. The zero-order valence-corrected chi connectivity index (χ0v) is 51.7. The minimum absolute atomic E-state index is 0.142. The molecule has 0 saturated heterocycles. The van der Waals surface area contributed by atoms with Crippen molar-refractivity contribution in [2.45, 2.75) is 277 Å². The van der Waals surface area contributed by atoms with Crippen LogP contribution in [0.4, 0.5) is 0 Å². The van der Waals surface area contributed by atoms with Crippen LogP contribution in [0.2, 0.25) is 0 Å². The number of aliphatic hydroxyl groups excluding tert-OH is 1. The second-order valence-electron chi connectivity index (χ2n) is 20.8. The lowest BCUT2D eigenvalue weighted by molar-refractivity contribution is -0.161. The van der Waals surface area contributed by atoms with Gasteiger partial charge in [-0.3, -0.25) is 23.4 Å². The van der Waals surface area contributed by atoms with Crippen LogP contribution >= 0.6 is 7.82 Å². The topological polar surface area (TPSA) is 155 Å². The van der Waals surface area contributed by atoms with Crippen LogP contribution in [0.15, 0.2) is 109 Å². The summed E-state index contributed by atoms with van der Waals surface area (Å²) in [6.07, 6.45) is 74.6. The molecule has 0 spiro atoms. The van der Waals surface area contributed by atoms with Gasteiger partial charge in [0.15, 0.2) is 6.10 Å². The molecule has 0 aromatic heterocycles. The Kier molecular flexibility index (Phi) is 58.3. The molecular weight excluding hydrogens is 1020 g/mol. The number of carbonyl (C=O) groups is 3. The number of allylic oxidation sites excluding steroid dienone is 18. The number of ether oxygens (including phenoxy) is 3. The third-order valence-electron chi connectivity index (χ3n) is 13.1. The van der Waals surface area contributed by atoms with Gasteiger partial charge in [0.1, 0.15) is 12.7 Å². The van der Waals surface area contributed by atoms with Crippen molar-refractivity contribution >= 4 is 25.7 Å². The van der Waals surface area contributed by atoms with E-state index in [0.717, 1.165) is 161 Å². The first-order chi connectivity index (χ1) is 39.2. The third kappa shape index (κ3) is 58.8. The van der Waals surface area contributed by atoms with Crippen molar-refractivity contribution in [1.82, 2.24) is 0 Å². The highest BCUT2D eigenvalue weighted by Crippen LogP contribution is 2.43. The molecule has 0 aliphatic carbocycles. The summed E-state index contributed by atoms with van der Waals surface area (Å²) in [7, 11) is -4.77. The first-order valence-corrected chi connectivity index (χ1v) is 33.3. The predicted molar refractivity (Wildman–Crippen MR) is 334 cm³/mol. The van der Waals surface area contributed by atoms with Gasteiger partial charge >= 0.3 is 25.7 Å². The van der Waals surface area contributed by atoms with Gasteiger partial charge in [-0.15, -0.1) is 0 Å².